The number of hydrogen-bond acceptors (Lipinski definition) is 12. The average molecular weight is 1790 g/mol. The predicted molar refractivity (Wildman–Crippen MR) is 559 cm³/mol. The first-order valence-electron chi connectivity index (χ1n) is 48.2. The fourth-order valence-electron chi connectivity index (χ4n) is 25.5. The highest BCUT2D eigenvalue weighted by atomic mass is 15.1. The summed E-state index contributed by atoms with van der Waals surface area (Å²) in [6, 6.07) is 102. The molecule has 0 fully saturated rings. The standard InChI is InChI=1S/4C31H18N4/c1-2-6-21-17(5-1)11-18-12-19-13-20-14-28-27(16-26(20)25(19)15-24(18)21)34-31-23-8-3-9-32-29(23)22-7-4-10-33-30(22)35(28)31;1-2-6-21-17(5-1)11-18-12-19-13-20-14-28-27(16-26(20)25(19)15-24(18)21)34-31-29-22(7-3-9-32-29)23-8-4-10-33-30(23)35(28)31;1-2-5-21-17(4-1)10-18-11-19-12-20-13-29-28(15-26(20)25(19)14-24(18)21)34-31-27-16-32-9-7-22(27)23-6-3-8-33-30(23)35(29)31;1-2-5-21-17(4-1)10-18-11-19-12-20-13-29-28(15-26(20)25(19)14-24(18)21)34-31-23-7-9-32-16-27(23)22-6-3-8-33-30(22)35(29)31/h2*1-10,12,14-16H,11,13H2;2*1-9,11,13-16H,10,12H2. The Morgan fingerprint density at radius 1 is 0.157 bits per heavy atom. The van der Waals surface area contributed by atoms with Gasteiger partial charge in [-0.05, 0) is 386 Å². The van der Waals surface area contributed by atoms with E-state index in [2.05, 4.69) is 275 Å². The number of nitrogens with zero attached hydrogens (tertiary/aromatic N) is 16. The van der Waals surface area contributed by atoms with Crippen LogP contribution in [-0.4, -0.2) is 77.4 Å². The summed E-state index contributed by atoms with van der Waals surface area (Å²) in [5.41, 5.74) is 62.0. The Morgan fingerprint density at radius 2 is 0.414 bits per heavy atom. The summed E-state index contributed by atoms with van der Waals surface area (Å²) in [6.45, 7) is 0. The van der Waals surface area contributed by atoms with Crippen molar-refractivity contribution in [2.75, 3.05) is 0 Å². The minimum Gasteiger partial charge on any atom is -0.276 e. The van der Waals surface area contributed by atoms with Gasteiger partial charge in [0.2, 0.25) is 0 Å². The van der Waals surface area contributed by atoms with Crippen molar-refractivity contribution >= 4 is 154 Å². The van der Waals surface area contributed by atoms with E-state index in [0.717, 1.165) is 206 Å². The number of pyridine rings is 12. The zero-order chi connectivity index (χ0) is 90.7. The van der Waals surface area contributed by atoms with Crippen molar-refractivity contribution in [1.82, 2.24) is 77.4 Å². The van der Waals surface area contributed by atoms with Crippen molar-refractivity contribution in [3.8, 4) is 89.0 Å². The lowest BCUT2D eigenvalue weighted by Crippen LogP contribution is -1.95. The zero-order valence-electron chi connectivity index (χ0n) is 75.1. The summed E-state index contributed by atoms with van der Waals surface area (Å²) in [5, 5.41) is 10.9. The fourth-order valence-corrected chi connectivity index (χ4v) is 25.5. The minimum atomic E-state index is 0.869. The van der Waals surface area contributed by atoms with Gasteiger partial charge in [-0.15, -0.1) is 0 Å². The van der Waals surface area contributed by atoms with Gasteiger partial charge in [0, 0.05) is 110 Å². The summed E-state index contributed by atoms with van der Waals surface area (Å²) >= 11 is 0. The van der Waals surface area contributed by atoms with Crippen molar-refractivity contribution < 1.29 is 0 Å². The number of fused-ring (bicyclic) bond motifs is 56. The first-order chi connectivity index (χ1) is 69.3. The average Bonchev–Trinajstić information content (AvgIpc) is 1.57. The fraction of sp³-hybridized carbons (Fsp3) is 0.0645. The molecule has 0 atom stereocenters. The predicted octanol–water partition coefficient (Wildman–Crippen LogP) is 26.9. The van der Waals surface area contributed by atoms with E-state index in [1.54, 1.807) is 0 Å². The SMILES string of the molecule is c1ccc2c(c1)Cc1cc3c(cc1-2)-c1cc2nc4c5cccnc5c5cccnc5n4c2cc1C3.c1ccc2c(c1)Cc1cc3c(cc1-2)-c1cc2nc4c5ccncc5c5cccnc5n4c2cc1C3.c1ccc2c(c1)Cc1cc3c(cc1-2)-c1cc2nc4c5cnccc5c5cccnc5n4c2cc1C3.c1ccc2c(c1)Cc1cc3c(cc1-2)-c1cc2nc4c5ncccc5c5cccnc5n4c2cc1C3. The second-order valence-electron chi connectivity index (χ2n) is 38.9. The third-order valence-electron chi connectivity index (χ3n) is 31.6. The normalized spacial score (nSPS) is 13.5. The number of rotatable bonds is 0. The molecule has 0 bridgehead atoms. The molecule has 8 aliphatic rings. The molecule has 0 N–H and O–H groups in total. The lowest BCUT2D eigenvalue weighted by atomic mass is 9.98. The van der Waals surface area contributed by atoms with E-state index in [9.17, 15) is 0 Å². The molecule has 16 nitrogen and oxygen atoms in total. The van der Waals surface area contributed by atoms with Crippen LogP contribution in [-0.2, 0) is 51.4 Å². The zero-order valence-corrected chi connectivity index (χ0v) is 75.1. The Morgan fingerprint density at radius 3 is 0.814 bits per heavy atom. The largest absolute Gasteiger partial charge is 0.276 e. The second-order valence-corrected chi connectivity index (χ2v) is 38.9. The van der Waals surface area contributed by atoms with Gasteiger partial charge in [-0.25, -0.2) is 39.9 Å². The number of imidazole rings is 4. The lowest BCUT2D eigenvalue weighted by molar-refractivity contribution is 1.20. The van der Waals surface area contributed by atoms with Crippen LogP contribution in [0.4, 0.5) is 0 Å². The molecule has 0 saturated heterocycles. The topological polar surface area (TPSA) is 172 Å². The molecule has 0 unspecified atom stereocenters. The quantitative estimate of drug-likeness (QED) is 0.132. The number of benzene rings is 12. The highest BCUT2D eigenvalue weighted by molar-refractivity contribution is 6.17. The molecule has 648 valence electrons. The van der Waals surface area contributed by atoms with Crippen LogP contribution in [0, 0.1) is 0 Å². The molecule has 0 saturated carbocycles. The van der Waals surface area contributed by atoms with Crippen LogP contribution >= 0.6 is 0 Å². The van der Waals surface area contributed by atoms with Crippen molar-refractivity contribution in [1.29, 1.82) is 0 Å². The Labute approximate surface area is 796 Å². The lowest BCUT2D eigenvalue weighted by Gasteiger charge is -2.08. The molecule has 12 aromatic carbocycles. The molecule has 16 heteroatoms. The van der Waals surface area contributed by atoms with Gasteiger partial charge in [-0.2, -0.15) is 0 Å². The summed E-state index contributed by atoms with van der Waals surface area (Å²) in [7, 11) is 0. The molecule has 0 aliphatic heterocycles. The van der Waals surface area contributed by atoms with Crippen LogP contribution in [0.3, 0.4) is 0 Å². The van der Waals surface area contributed by atoms with E-state index >= 15 is 0 Å². The molecule has 8 aliphatic carbocycles. The molecular formula is C124H72N16. The third-order valence-corrected chi connectivity index (χ3v) is 31.6. The molecule has 28 aromatic rings. The van der Waals surface area contributed by atoms with Crippen LogP contribution in [0.2, 0.25) is 0 Å². The summed E-state index contributed by atoms with van der Waals surface area (Å²) in [6.07, 6.45) is 26.6. The molecule has 0 radical (unpaired) electrons. The first kappa shape index (κ1) is 75.1. The van der Waals surface area contributed by atoms with Gasteiger partial charge in [0.05, 0.1) is 49.7 Å². The molecule has 36 rings (SSSR count). The van der Waals surface area contributed by atoms with Crippen molar-refractivity contribution in [3.05, 3.63) is 430 Å². The van der Waals surface area contributed by atoms with E-state index in [0.29, 0.717) is 0 Å². The van der Waals surface area contributed by atoms with E-state index in [1.165, 1.54) is 178 Å². The number of aromatic nitrogens is 16. The van der Waals surface area contributed by atoms with Crippen LogP contribution in [0.1, 0.15) is 89.0 Å². The third kappa shape index (κ3) is 10.5. The minimum absolute atomic E-state index is 0.869. The van der Waals surface area contributed by atoms with E-state index < -0.39 is 0 Å². The van der Waals surface area contributed by atoms with Gasteiger partial charge in [0.15, 0.2) is 5.65 Å². The van der Waals surface area contributed by atoms with Gasteiger partial charge in [-0.3, -0.25) is 37.5 Å². The Balaban J connectivity index is 0.0000000829. The van der Waals surface area contributed by atoms with Gasteiger partial charge in [0.1, 0.15) is 45.0 Å². The summed E-state index contributed by atoms with van der Waals surface area (Å²) in [4.78, 5) is 57.8. The van der Waals surface area contributed by atoms with Crippen LogP contribution in [0.5, 0.6) is 0 Å². The van der Waals surface area contributed by atoms with E-state index in [1.807, 2.05) is 98.4 Å². The van der Waals surface area contributed by atoms with Crippen LogP contribution in [0.25, 0.3) is 243 Å². The van der Waals surface area contributed by atoms with Crippen LogP contribution in [0.15, 0.2) is 341 Å². The van der Waals surface area contributed by atoms with Crippen LogP contribution < -0.4 is 0 Å². The smallest absolute Gasteiger partial charge is 0.166 e. The highest BCUT2D eigenvalue weighted by Crippen LogP contribution is 2.53. The maximum absolute atomic E-state index is 5.15. The Bertz CT molecular complexity index is 9460. The van der Waals surface area contributed by atoms with Crippen molar-refractivity contribution in [2.45, 2.75) is 51.4 Å². The van der Waals surface area contributed by atoms with E-state index in [4.69, 9.17) is 44.9 Å². The van der Waals surface area contributed by atoms with Gasteiger partial charge in [-0.1, -0.05) is 127 Å². The van der Waals surface area contributed by atoms with Gasteiger partial charge < -0.3 is 0 Å². The summed E-state index contributed by atoms with van der Waals surface area (Å²) in [5.74, 6) is 0. The molecule has 0 amide bonds. The molecule has 16 aromatic heterocycles. The first-order valence-corrected chi connectivity index (χ1v) is 48.2. The Kier molecular flexibility index (Phi) is 14.9. The van der Waals surface area contributed by atoms with E-state index in [-0.39, 0.29) is 0 Å². The number of hydrogen-bond donors (Lipinski definition) is 0. The Hall–Kier alpha value is -18.3. The van der Waals surface area contributed by atoms with Gasteiger partial charge in [0.25, 0.3) is 0 Å². The molecule has 0 spiro atoms. The molecule has 16 heterocycles. The summed E-state index contributed by atoms with van der Waals surface area (Å²) < 4.78 is 8.86. The maximum atomic E-state index is 5.15. The van der Waals surface area contributed by atoms with Crippen molar-refractivity contribution in [2.24, 2.45) is 0 Å². The monoisotopic (exact) mass is 1780 g/mol. The highest BCUT2D eigenvalue weighted by Gasteiger charge is 2.34. The maximum Gasteiger partial charge on any atom is 0.166 e. The molecular weight excluding hydrogens is 1710 g/mol. The van der Waals surface area contributed by atoms with Gasteiger partial charge >= 0.3 is 0 Å². The second kappa shape index (κ2) is 27.7. The molecule has 140 heavy (non-hydrogen) atoms. The van der Waals surface area contributed by atoms with Crippen molar-refractivity contribution in [3.63, 3.8) is 0 Å².